The molecular weight excluding hydrogens is 266 g/mol. The van der Waals surface area contributed by atoms with Crippen LogP contribution in [0.2, 0.25) is 0 Å². The van der Waals surface area contributed by atoms with Crippen LogP contribution in [0.15, 0.2) is 40.8 Å². The Balaban J connectivity index is 1.94. The van der Waals surface area contributed by atoms with E-state index in [1.807, 2.05) is 45.0 Å². The second kappa shape index (κ2) is 6.97. The van der Waals surface area contributed by atoms with Gasteiger partial charge < -0.3 is 14.5 Å². The van der Waals surface area contributed by atoms with E-state index in [9.17, 15) is 4.79 Å². The van der Waals surface area contributed by atoms with Crippen LogP contribution in [0.5, 0.6) is 5.75 Å². The van der Waals surface area contributed by atoms with Crippen LogP contribution in [-0.2, 0) is 6.61 Å². The first-order valence-corrected chi connectivity index (χ1v) is 7.18. The number of nitrogens with one attached hydrogen (secondary N) is 1. The highest BCUT2D eigenvalue weighted by molar-refractivity contribution is 5.91. The number of ether oxygens (including phenoxy) is 1. The van der Waals surface area contributed by atoms with Crippen molar-refractivity contribution in [1.82, 2.24) is 5.32 Å². The predicted molar refractivity (Wildman–Crippen MR) is 81.4 cm³/mol. The first kappa shape index (κ1) is 15.2. The van der Waals surface area contributed by atoms with Crippen LogP contribution in [-0.4, -0.2) is 11.9 Å². The van der Waals surface area contributed by atoms with Crippen LogP contribution in [0.25, 0.3) is 0 Å². The summed E-state index contributed by atoms with van der Waals surface area (Å²) in [6.45, 7) is 6.28. The average molecular weight is 287 g/mol. The first-order chi connectivity index (χ1) is 10.1. The van der Waals surface area contributed by atoms with Crippen LogP contribution < -0.4 is 10.1 Å². The molecule has 2 aromatic rings. The molecule has 1 atom stereocenters. The molecule has 1 amide bonds. The van der Waals surface area contributed by atoms with E-state index in [4.69, 9.17) is 9.15 Å². The number of benzene rings is 1. The van der Waals surface area contributed by atoms with E-state index in [0.717, 1.165) is 17.7 Å². The van der Waals surface area contributed by atoms with Gasteiger partial charge in [0.1, 0.15) is 18.1 Å². The Labute approximate surface area is 125 Å². The highest BCUT2D eigenvalue weighted by atomic mass is 16.5. The zero-order chi connectivity index (χ0) is 15.2. The fraction of sp³-hybridized carbons (Fsp3) is 0.353. The summed E-state index contributed by atoms with van der Waals surface area (Å²) in [5, 5.41) is 2.87. The molecule has 1 aromatic carbocycles. The molecule has 0 aliphatic heterocycles. The molecule has 0 unspecified atom stereocenters. The maximum absolute atomic E-state index is 11.9. The molecule has 0 saturated heterocycles. The van der Waals surface area contributed by atoms with Gasteiger partial charge in [-0.2, -0.15) is 0 Å². The van der Waals surface area contributed by atoms with Gasteiger partial charge in [-0.15, -0.1) is 0 Å². The van der Waals surface area contributed by atoms with E-state index < -0.39 is 0 Å². The summed E-state index contributed by atoms with van der Waals surface area (Å²) in [4.78, 5) is 11.9. The normalized spacial score (nSPS) is 12.0. The summed E-state index contributed by atoms with van der Waals surface area (Å²) >= 11 is 0. The van der Waals surface area contributed by atoms with Crippen LogP contribution in [0.4, 0.5) is 0 Å². The zero-order valence-corrected chi connectivity index (χ0v) is 12.7. The maximum atomic E-state index is 11.9. The largest absolute Gasteiger partial charge is 0.485 e. The monoisotopic (exact) mass is 287 g/mol. The van der Waals surface area contributed by atoms with Gasteiger partial charge in [-0.25, -0.2) is 0 Å². The minimum Gasteiger partial charge on any atom is -0.485 e. The molecule has 21 heavy (non-hydrogen) atoms. The van der Waals surface area contributed by atoms with E-state index in [-0.39, 0.29) is 11.9 Å². The molecule has 4 nitrogen and oxygen atoms in total. The number of rotatable bonds is 6. The Morgan fingerprint density at radius 3 is 2.76 bits per heavy atom. The molecule has 0 aliphatic rings. The molecule has 1 heterocycles. The molecule has 0 saturated carbocycles. The number of carbonyl (C=O) groups excluding carboxylic acids is 1. The highest BCUT2D eigenvalue weighted by Gasteiger charge is 2.13. The smallest absolute Gasteiger partial charge is 0.287 e. The van der Waals surface area contributed by atoms with Crippen molar-refractivity contribution in [3.05, 3.63) is 53.5 Å². The van der Waals surface area contributed by atoms with Crippen molar-refractivity contribution in [3.63, 3.8) is 0 Å². The second-order valence-electron chi connectivity index (χ2n) is 5.10. The van der Waals surface area contributed by atoms with Gasteiger partial charge in [0, 0.05) is 6.04 Å². The molecule has 2 rings (SSSR count). The summed E-state index contributed by atoms with van der Waals surface area (Å²) in [7, 11) is 0. The quantitative estimate of drug-likeness (QED) is 0.881. The van der Waals surface area contributed by atoms with Gasteiger partial charge in [0.25, 0.3) is 5.91 Å². The minimum absolute atomic E-state index is 0.134. The van der Waals surface area contributed by atoms with Gasteiger partial charge in [0.2, 0.25) is 0 Å². The lowest BCUT2D eigenvalue weighted by Gasteiger charge is -2.09. The Morgan fingerprint density at radius 2 is 2.05 bits per heavy atom. The second-order valence-corrected chi connectivity index (χ2v) is 5.10. The molecule has 112 valence electrons. The number of para-hydroxylation sites is 1. The molecule has 0 aliphatic carbocycles. The lowest BCUT2D eigenvalue weighted by atomic mass is 10.2. The van der Waals surface area contributed by atoms with E-state index in [1.54, 1.807) is 12.1 Å². The SMILES string of the molecule is CC[C@H](C)NC(=O)c1ccc(COc2ccccc2C)o1. The zero-order valence-electron chi connectivity index (χ0n) is 12.7. The topological polar surface area (TPSA) is 51.5 Å². The van der Waals surface area contributed by atoms with Crippen molar-refractivity contribution in [1.29, 1.82) is 0 Å². The fourth-order valence-electron chi connectivity index (χ4n) is 1.84. The molecule has 0 radical (unpaired) electrons. The number of carbonyl (C=O) groups is 1. The summed E-state index contributed by atoms with van der Waals surface area (Å²) in [5.74, 6) is 1.58. The summed E-state index contributed by atoms with van der Waals surface area (Å²) in [6.07, 6.45) is 0.885. The van der Waals surface area contributed by atoms with Gasteiger partial charge in [0.15, 0.2) is 5.76 Å². The van der Waals surface area contributed by atoms with E-state index in [0.29, 0.717) is 18.1 Å². The van der Waals surface area contributed by atoms with Crippen LogP contribution in [0.3, 0.4) is 0 Å². The van der Waals surface area contributed by atoms with Crippen molar-refractivity contribution in [2.75, 3.05) is 0 Å². The van der Waals surface area contributed by atoms with Crippen LogP contribution in [0, 0.1) is 6.92 Å². The lowest BCUT2D eigenvalue weighted by molar-refractivity contribution is 0.0907. The maximum Gasteiger partial charge on any atom is 0.287 e. The summed E-state index contributed by atoms with van der Waals surface area (Å²) in [6, 6.07) is 11.4. The Kier molecular flexibility index (Phi) is 5.04. The van der Waals surface area contributed by atoms with E-state index in [2.05, 4.69) is 5.32 Å². The summed E-state index contributed by atoms with van der Waals surface area (Å²) in [5.41, 5.74) is 1.07. The van der Waals surface area contributed by atoms with Gasteiger partial charge in [-0.1, -0.05) is 25.1 Å². The lowest BCUT2D eigenvalue weighted by Crippen LogP contribution is -2.31. The van der Waals surface area contributed by atoms with Crippen molar-refractivity contribution in [3.8, 4) is 5.75 Å². The van der Waals surface area contributed by atoms with Gasteiger partial charge in [0.05, 0.1) is 0 Å². The Hall–Kier alpha value is -2.23. The highest BCUT2D eigenvalue weighted by Crippen LogP contribution is 2.18. The van der Waals surface area contributed by atoms with Crippen LogP contribution >= 0.6 is 0 Å². The molecule has 0 fully saturated rings. The Morgan fingerprint density at radius 1 is 1.29 bits per heavy atom. The van der Waals surface area contributed by atoms with E-state index >= 15 is 0 Å². The van der Waals surface area contributed by atoms with Gasteiger partial charge >= 0.3 is 0 Å². The number of aryl methyl sites for hydroxylation is 1. The third-order valence-electron chi connectivity index (χ3n) is 3.34. The molecule has 0 bridgehead atoms. The number of hydrogen-bond acceptors (Lipinski definition) is 3. The molecule has 0 spiro atoms. The van der Waals surface area contributed by atoms with Crippen molar-refractivity contribution >= 4 is 5.91 Å². The van der Waals surface area contributed by atoms with Crippen LogP contribution in [0.1, 0.15) is 42.1 Å². The minimum atomic E-state index is -0.188. The molecular formula is C17H21NO3. The summed E-state index contributed by atoms with van der Waals surface area (Å²) < 4.78 is 11.2. The number of amides is 1. The standard InChI is InChI=1S/C17H21NO3/c1-4-13(3)18-17(19)16-10-9-14(21-16)11-20-15-8-6-5-7-12(15)2/h5-10,13H,4,11H2,1-3H3,(H,18,19)/t13-/m0/s1. The molecule has 1 N–H and O–H groups in total. The van der Waals surface area contributed by atoms with Crippen molar-refractivity contribution in [2.45, 2.75) is 39.8 Å². The number of furan rings is 1. The first-order valence-electron chi connectivity index (χ1n) is 7.18. The van der Waals surface area contributed by atoms with Crippen molar-refractivity contribution < 1.29 is 13.9 Å². The number of hydrogen-bond donors (Lipinski definition) is 1. The molecule has 4 heteroatoms. The third-order valence-corrected chi connectivity index (χ3v) is 3.34. The third kappa shape index (κ3) is 4.12. The van der Waals surface area contributed by atoms with Gasteiger partial charge in [-0.3, -0.25) is 4.79 Å². The van der Waals surface area contributed by atoms with Gasteiger partial charge in [-0.05, 0) is 44.0 Å². The fourth-order valence-corrected chi connectivity index (χ4v) is 1.84. The predicted octanol–water partition coefficient (Wildman–Crippen LogP) is 3.70. The average Bonchev–Trinajstić information content (AvgIpc) is 2.95. The van der Waals surface area contributed by atoms with Crippen molar-refractivity contribution in [2.24, 2.45) is 0 Å². The van der Waals surface area contributed by atoms with E-state index in [1.165, 1.54) is 0 Å². The Bertz CT molecular complexity index is 604. The molecule has 1 aromatic heterocycles.